The zero-order valence-corrected chi connectivity index (χ0v) is 8.52. The van der Waals surface area contributed by atoms with Crippen LogP contribution in [-0.4, -0.2) is 6.54 Å². The lowest BCUT2D eigenvalue weighted by molar-refractivity contribution is 0.471. The van der Waals surface area contributed by atoms with Gasteiger partial charge in [-0.2, -0.15) is 0 Å². The van der Waals surface area contributed by atoms with Crippen LogP contribution in [0.1, 0.15) is 22.2 Å². The molecule has 2 N–H and O–H groups in total. The third-order valence-corrected chi connectivity index (χ3v) is 2.44. The molecule has 13 heavy (non-hydrogen) atoms. The molecule has 1 aromatic rings. The first-order chi connectivity index (χ1) is 6.16. The van der Waals surface area contributed by atoms with Gasteiger partial charge in [0.15, 0.2) is 5.50 Å². The van der Waals surface area contributed by atoms with Crippen molar-refractivity contribution in [2.75, 3.05) is 6.54 Å². The number of halogens is 1. The maximum atomic E-state index is 12.9. The fourth-order valence-electron chi connectivity index (χ4n) is 1.39. The minimum atomic E-state index is -1.20. The van der Waals surface area contributed by atoms with Gasteiger partial charge in [-0.25, -0.2) is 4.39 Å². The minimum absolute atomic E-state index is 0.591. The Kier molecular flexibility index (Phi) is 3.75. The summed E-state index contributed by atoms with van der Waals surface area (Å²) in [5.41, 5.74) is 6.97. The molecule has 0 aliphatic heterocycles. The van der Waals surface area contributed by atoms with Gasteiger partial charge in [0.05, 0.1) is 0 Å². The summed E-state index contributed by atoms with van der Waals surface area (Å²) in [5, 5.41) is 0. The van der Waals surface area contributed by atoms with E-state index < -0.39 is 5.50 Å². The summed E-state index contributed by atoms with van der Waals surface area (Å²) >= 11 is 3.77. The molecule has 0 radical (unpaired) electrons. The predicted octanol–water partition coefficient (Wildman–Crippen LogP) is 2.39. The molecule has 3 heteroatoms. The molecule has 1 unspecified atom stereocenters. The van der Waals surface area contributed by atoms with Gasteiger partial charge in [0.1, 0.15) is 0 Å². The lowest BCUT2D eigenvalue weighted by Crippen LogP contribution is -2.05. The molecule has 1 atom stereocenters. The van der Waals surface area contributed by atoms with Crippen molar-refractivity contribution >= 4 is 12.6 Å². The van der Waals surface area contributed by atoms with Crippen molar-refractivity contribution in [2.24, 2.45) is 5.73 Å². The first-order valence-electron chi connectivity index (χ1n) is 4.27. The number of alkyl halides is 1. The highest BCUT2D eigenvalue weighted by atomic mass is 32.1. The van der Waals surface area contributed by atoms with Crippen LogP contribution in [0.25, 0.3) is 0 Å². The van der Waals surface area contributed by atoms with Crippen molar-refractivity contribution in [1.82, 2.24) is 0 Å². The van der Waals surface area contributed by atoms with Crippen LogP contribution < -0.4 is 5.73 Å². The van der Waals surface area contributed by atoms with Crippen molar-refractivity contribution in [3.05, 3.63) is 34.9 Å². The van der Waals surface area contributed by atoms with Crippen LogP contribution in [0.15, 0.2) is 18.2 Å². The van der Waals surface area contributed by atoms with E-state index in [2.05, 4.69) is 12.6 Å². The summed E-state index contributed by atoms with van der Waals surface area (Å²) in [6.07, 6.45) is 0.792. The number of hydrogen-bond donors (Lipinski definition) is 2. The molecular formula is C10H14FNS. The Morgan fingerprint density at radius 1 is 1.54 bits per heavy atom. The van der Waals surface area contributed by atoms with Crippen LogP contribution in [0, 0.1) is 6.92 Å². The second kappa shape index (κ2) is 4.63. The third kappa shape index (κ3) is 2.45. The summed E-state index contributed by atoms with van der Waals surface area (Å²) in [6, 6.07) is 5.57. The monoisotopic (exact) mass is 199 g/mol. The zero-order valence-electron chi connectivity index (χ0n) is 7.63. The average molecular weight is 199 g/mol. The summed E-state index contributed by atoms with van der Waals surface area (Å²) in [5.74, 6) is 0. The lowest BCUT2D eigenvalue weighted by Gasteiger charge is -2.10. The average Bonchev–Trinajstić information content (AvgIpc) is 2.08. The molecule has 1 rings (SSSR count). The van der Waals surface area contributed by atoms with Gasteiger partial charge >= 0.3 is 0 Å². The van der Waals surface area contributed by atoms with Crippen LogP contribution in [0.3, 0.4) is 0 Å². The minimum Gasteiger partial charge on any atom is -0.330 e. The lowest BCUT2D eigenvalue weighted by atomic mass is 10.0. The van der Waals surface area contributed by atoms with E-state index in [1.54, 1.807) is 6.07 Å². The Hall–Kier alpha value is -0.540. The Balaban J connectivity index is 3.03. The first kappa shape index (κ1) is 10.5. The van der Waals surface area contributed by atoms with Crippen molar-refractivity contribution in [1.29, 1.82) is 0 Å². The topological polar surface area (TPSA) is 26.0 Å². The molecule has 1 nitrogen and oxygen atoms in total. The Morgan fingerprint density at radius 3 is 2.77 bits per heavy atom. The van der Waals surface area contributed by atoms with Crippen molar-refractivity contribution < 1.29 is 4.39 Å². The standard InChI is InChI=1S/C10H14FNS/c1-7-8(5-6-12)3-2-4-9(7)10(11)13/h2-4,10,13H,5-6,12H2,1H3. The maximum Gasteiger partial charge on any atom is 0.168 e. The fraction of sp³-hybridized carbons (Fsp3) is 0.400. The second-order valence-corrected chi connectivity index (χ2v) is 3.46. The van der Waals surface area contributed by atoms with Gasteiger partial charge in [-0.1, -0.05) is 18.2 Å². The zero-order chi connectivity index (χ0) is 9.84. The number of nitrogens with two attached hydrogens (primary N) is 1. The molecule has 0 aliphatic rings. The molecule has 0 saturated carbocycles. The molecule has 0 aromatic heterocycles. The molecule has 0 bridgehead atoms. The van der Waals surface area contributed by atoms with Gasteiger partial charge in [0, 0.05) is 0 Å². The smallest absolute Gasteiger partial charge is 0.168 e. The number of hydrogen-bond acceptors (Lipinski definition) is 2. The van der Waals surface area contributed by atoms with Gasteiger partial charge in [-0.05, 0) is 36.6 Å². The van der Waals surface area contributed by atoms with Gasteiger partial charge in [0.25, 0.3) is 0 Å². The Labute approximate surface area is 83.6 Å². The highest BCUT2D eigenvalue weighted by Crippen LogP contribution is 2.26. The molecule has 0 aliphatic carbocycles. The largest absolute Gasteiger partial charge is 0.330 e. The van der Waals surface area contributed by atoms with E-state index in [0.29, 0.717) is 12.1 Å². The molecule has 0 amide bonds. The normalized spacial score (nSPS) is 12.9. The van der Waals surface area contributed by atoms with E-state index in [4.69, 9.17) is 5.73 Å². The van der Waals surface area contributed by atoms with Gasteiger partial charge < -0.3 is 5.73 Å². The summed E-state index contributed by atoms with van der Waals surface area (Å²) < 4.78 is 12.9. The first-order valence-corrected chi connectivity index (χ1v) is 4.79. The van der Waals surface area contributed by atoms with E-state index in [1.807, 2.05) is 19.1 Å². The molecule has 0 fully saturated rings. The highest BCUT2D eigenvalue weighted by Gasteiger charge is 2.09. The van der Waals surface area contributed by atoms with Crippen molar-refractivity contribution in [3.8, 4) is 0 Å². The maximum absolute atomic E-state index is 12.9. The molecular weight excluding hydrogens is 185 g/mol. The van der Waals surface area contributed by atoms with Crippen LogP contribution in [0.5, 0.6) is 0 Å². The fourth-order valence-corrected chi connectivity index (χ4v) is 1.67. The molecule has 0 saturated heterocycles. The van der Waals surface area contributed by atoms with E-state index in [9.17, 15) is 4.39 Å². The number of rotatable bonds is 3. The van der Waals surface area contributed by atoms with Crippen LogP contribution >= 0.6 is 12.6 Å². The molecule has 0 heterocycles. The molecule has 1 aromatic carbocycles. The quantitative estimate of drug-likeness (QED) is 0.718. The summed E-state index contributed by atoms with van der Waals surface area (Å²) in [7, 11) is 0. The summed E-state index contributed by atoms with van der Waals surface area (Å²) in [4.78, 5) is 0. The van der Waals surface area contributed by atoms with E-state index in [0.717, 1.165) is 17.5 Å². The van der Waals surface area contributed by atoms with Crippen LogP contribution in [0.4, 0.5) is 4.39 Å². The summed E-state index contributed by atoms with van der Waals surface area (Å²) in [6.45, 7) is 2.50. The number of benzene rings is 1. The van der Waals surface area contributed by atoms with Crippen LogP contribution in [0.2, 0.25) is 0 Å². The third-order valence-electron chi connectivity index (χ3n) is 2.16. The highest BCUT2D eigenvalue weighted by molar-refractivity contribution is 7.80. The molecule has 0 spiro atoms. The SMILES string of the molecule is Cc1c(CCN)cccc1C(F)S. The van der Waals surface area contributed by atoms with Crippen LogP contribution in [-0.2, 0) is 6.42 Å². The number of thiol groups is 1. The van der Waals surface area contributed by atoms with E-state index in [1.165, 1.54) is 0 Å². The Bertz CT molecular complexity index is 286. The van der Waals surface area contributed by atoms with Gasteiger partial charge in [-0.3, -0.25) is 0 Å². The second-order valence-electron chi connectivity index (χ2n) is 3.01. The van der Waals surface area contributed by atoms with Gasteiger partial charge in [0.2, 0.25) is 0 Å². The Morgan fingerprint density at radius 2 is 2.23 bits per heavy atom. The predicted molar refractivity (Wildman–Crippen MR) is 56.8 cm³/mol. The van der Waals surface area contributed by atoms with E-state index >= 15 is 0 Å². The van der Waals surface area contributed by atoms with Gasteiger partial charge in [-0.15, -0.1) is 12.6 Å². The van der Waals surface area contributed by atoms with E-state index in [-0.39, 0.29) is 0 Å². The van der Waals surface area contributed by atoms with Crippen molar-refractivity contribution in [2.45, 2.75) is 18.8 Å². The van der Waals surface area contributed by atoms with Crippen molar-refractivity contribution in [3.63, 3.8) is 0 Å². The molecule has 72 valence electrons.